The second kappa shape index (κ2) is 9.57. The summed E-state index contributed by atoms with van der Waals surface area (Å²) in [5, 5.41) is 13.8. The van der Waals surface area contributed by atoms with Gasteiger partial charge in [-0.3, -0.25) is 20.4 Å². The zero-order chi connectivity index (χ0) is 23.4. The molecule has 0 spiro atoms. The van der Waals surface area contributed by atoms with Crippen molar-refractivity contribution in [1.82, 2.24) is 5.48 Å². The van der Waals surface area contributed by atoms with Gasteiger partial charge in [0.1, 0.15) is 12.4 Å². The number of non-ortho nitro benzene ring substituents is 1. The molecular weight excluding hydrogens is 497 g/mol. The molecule has 3 aromatic carbocycles. The van der Waals surface area contributed by atoms with E-state index in [2.05, 4.69) is 36.7 Å². The lowest BCUT2D eigenvalue weighted by atomic mass is 9.99. The first-order chi connectivity index (χ1) is 15.9. The van der Waals surface area contributed by atoms with E-state index < -0.39 is 16.8 Å². The average Bonchev–Trinajstić information content (AvgIpc) is 2.97. The number of aliphatic imine (C=N–C) groups is 2. The lowest BCUT2D eigenvalue weighted by Gasteiger charge is -2.09. The van der Waals surface area contributed by atoms with E-state index in [1.54, 1.807) is 24.3 Å². The molecule has 0 fully saturated rings. The Morgan fingerprint density at radius 3 is 2.67 bits per heavy atom. The molecule has 1 heterocycles. The van der Waals surface area contributed by atoms with Crippen molar-refractivity contribution in [3.05, 3.63) is 98.3 Å². The molecule has 1 amide bonds. The number of amides is 1. The summed E-state index contributed by atoms with van der Waals surface area (Å²) < 4.78 is 15.3. The number of nitrogens with one attached hydrogen (secondary N) is 2. The normalized spacial score (nSPS) is 12.5. The highest BCUT2D eigenvalue weighted by molar-refractivity contribution is 9.10. The summed E-state index contributed by atoms with van der Waals surface area (Å²) in [6, 6.07) is 16.9. The van der Waals surface area contributed by atoms with Crippen molar-refractivity contribution in [2.75, 3.05) is 11.9 Å². The molecule has 0 atom stereocenters. The Morgan fingerprint density at radius 1 is 1.09 bits per heavy atom. The molecule has 0 radical (unpaired) electrons. The summed E-state index contributed by atoms with van der Waals surface area (Å²) in [6.45, 7) is -0.0870. The van der Waals surface area contributed by atoms with E-state index in [0.29, 0.717) is 11.4 Å². The number of carbonyl (C=O) groups excluding carboxylic acids is 1. The van der Waals surface area contributed by atoms with Gasteiger partial charge >= 0.3 is 6.09 Å². The maximum atomic E-state index is 14.5. The first-order valence-electron chi connectivity index (χ1n) is 9.56. The molecule has 0 saturated carbocycles. The van der Waals surface area contributed by atoms with Gasteiger partial charge in [0.05, 0.1) is 16.3 Å². The first-order valence-corrected chi connectivity index (χ1v) is 10.3. The summed E-state index contributed by atoms with van der Waals surface area (Å²) in [5.41, 5.74) is 3.73. The van der Waals surface area contributed by atoms with Crippen molar-refractivity contribution in [2.45, 2.75) is 0 Å². The summed E-state index contributed by atoms with van der Waals surface area (Å²) in [7, 11) is 0. The highest BCUT2D eigenvalue weighted by Gasteiger charge is 2.22. The van der Waals surface area contributed by atoms with Gasteiger partial charge in [0.2, 0.25) is 0 Å². The van der Waals surface area contributed by atoms with Gasteiger partial charge in [-0.15, -0.1) is 0 Å². The molecule has 33 heavy (non-hydrogen) atoms. The van der Waals surface area contributed by atoms with Crippen LogP contribution in [0, 0.1) is 15.9 Å². The van der Waals surface area contributed by atoms with Gasteiger partial charge in [-0.25, -0.2) is 19.7 Å². The van der Waals surface area contributed by atoms with Crippen LogP contribution >= 0.6 is 15.9 Å². The quantitative estimate of drug-likeness (QED) is 0.373. The van der Waals surface area contributed by atoms with Crippen molar-refractivity contribution in [2.24, 2.45) is 9.98 Å². The predicted molar refractivity (Wildman–Crippen MR) is 124 cm³/mol. The topological polar surface area (TPSA) is 118 Å². The number of nitro groups is 1. The molecule has 0 unspecified atom stereocenters. The van der Waals surface area contributed by atoms with E-state index in [1.165, 1.54) is 36.4 Å². The minimum absolute atomic E-state index is 0.0870. The standard InChI is InChI=1S/C22H15BrFN5O4/c23-13-4-3-5-14(10-13)26-22(30)33-28-20-12-25-21(16-6-1-2-7-18(16)24)17-11-15(29(31)32)8-9-19(17)27-20/h1-11H,12H2,(H,26,30)(H,27,28). The fourth-order valence-corrected chi connectivity index (χ4v) is 3.50. The molecule has 9 nitrogen and oxygen atoms in total. The van der Waals surface area contributed by atoms with Crippen molar-refractivity contribution in [1.29, 1.82) is 0 Å². The molecule has 166 valence electrons. The van der Waals surface area contributed by atoms with Crippen LogP contribution in [0.1, 0.15) is 11.1 Å². The number of carbonyl (C=O) groups is 1. The summed E-state index contributed by atoms with van der Waals surface area (Å²) in [4.78, 5) is 36.6. The molecule has 0 bridgehead atoms. The van der Waals surface area contributed by atoms with E-state index in [9.17, 15) is 19.3 Å². The minimum Gasteiger partial charge on any atom is -0.323 e. The fraction of sp³-hybridized carbons (Fsp3) is 0.0455. The lowest BCUT2D eigenvalue weighted by Crippen LogP contribution is -2.31. The number of benzene rings is 3. The zero-order valence-corrected chi connectivity index (χ0v) is 18.4. The van der Waals surface area contributed by atoms with Crippen LogP contribution in [0.5, 0.6) is 0 Å². The van der Waals surface area contributed by atoms with E-state index >= 15 is 0 Å². The van der Waals surface area contributed by atoms with Crippen LogP contribution < -0.4 is 10.8 Å². The third kappa shape index (κ3) is 5.21. The number of nitrogens with zero attached hydrogens (tertiary/aromatic N) is 3. The van der Waals surface area contributed by atoms with E-state index in [-0.39, 0.29) is 34.9 Å². The lowest BCUT2D eigenvalue weighted by molar-refractivity contribution is -0.384. The average molecular weight is 512 g/mol. The summed E-state index contributed by atoms with van der Waals surface area (Å²) in [6.07, 6.45) is -0.790. The summed E-state index contributed by atoms with van der Waals surface area (Å²) >= 11 is 3.31. The SMILES string of the molecule is O=C(Nc1cccc(Br)c1)ONC1=Nc2ccc([N+](=O)[O-])cc2C(c2ccccc2F)=NC1. The van der Waals surface area contributed by atoms with Crippen LogP contribution in [-0.4, -0.2) is 29.1 Å². The van der Waals surface area contributed by atoms with E-state index in [4.69, 9.17) is 4.84 Å². The Bertz CT molecular complexity index is 1310. The van der Waals surface area contributed by atoms with Crippen LogP contribution in [0.3, 0.4) is 0 Å². The molecule has 2 N–H and O–H groups in total. The molecule has 3 aromatic rings. The van der Waals surface area contributed by atoms with Crippen LogP contribution in [-0.2, 0) is 4.84 Å². The second-order valence-electron chi connectivity index (χ2n) is 6.79. The molecule has 0 aromatic heterocycles. The van der Waals surface area contributed by atoms with Crippen molar-refractivity contribution < 1.29 is 18.9 Å². The van der Waals surface area contributed by atoms with Crippen LogP contribution in [0.15, 0.2) is 81.2 Å². The van der Waals surface area contributed by atoms with Crippen LogP contribution in [0.2, 0.25) is 0 Å². The van der Waals surface area contributed by atoms with E-state index in [0.717, 1.165) is 4.47 Å². The number of nitro benzene ring substituents is 1. The zero-order valence-electron chi connectivity index (χ0n) is 16.8. The number of fused-ring (bicyclic) bond motifs is 1. The van der Waals surface area contributed by atoms with Crippen molar-refractivity contribution >= 4 is 50.6 Å². The van der Waals surface area contributed by atoms with E-state index in [1.807, 2.05) is 6.07 Å². The Labute approximate surface area is 195 Å². The van der Waals surface area contributed by atoms with Crippen LogP contribution in [0.25, 0.3) is 0 Å². The van der Waals surface area contributed by atoms with Gasteiger partial charge in [0.15, 0.2) is 5.84 Å². The molecule has 0 aliphatic carbocycles. The van der Waals surface area contributed by atoms with Gasteiger partial charge in [-0.2, -0.15) is 0 Å². The molecule has 4 rings (SSSR count). The monoisotopic (exact) mass is 511 g/mol. The minimum atomic E-state index is -0.790. The Morgan fingerprint density at radius 2 is 1.91 bits per heavy atom. The number of halogens is 2. The molecule has 1 aliphatic rings. The maximum Gasteiger partial charge on any atom is 0.435 e. The van der Waals surface area contributed by atoms with Crippen molar-refractivity contribution in [3.63, 3.8) is 0 Å². The number of anilines is 1. The molecular formula is C22H15BrFN5O4. The third-order valence-corrected chi connectivity index (χ3v) is 5.04. The highest BCUT2D eigenvalue weighted by Crippen LogP contribution is 2.30. The number of rotatable bonds is 3. The smallest absolute Gasteiger partial charge is 0.323 e. The van der Waals surface area contributed by atoms with Gasteiger partial charge in [-0.1, -0.05) is 34.1 Å². The highest BCUT2D eigenvalue weighted by atomic mass is 79.9. The number of hydroxylamine groups is 1. The molecule has 0 saturated heterocycles. The Hall–Kier alpha value is -4.12. The van der Waals surface area contributed by atoms with Gasteiger partial charge in [0.25, 0.3) is 5.69 Å². The Kier molecular flexibility index (Phi) is 6.41. The third-order valence-electron chi connectivity index (χ3n) is 4.55. The summed E-state index contributed by atoms with van der Waals surface area (Å²) in [5.74, 6) is -0.379. The van der Waals surface area contributed by atoms with Crippen LogP contribution in [0.4, 0.5) is 26.2 Å². The van der Waals surface area contributed by atoms with Gasteiger partial charge in [0, 0.05) is 33.4 Å². The largest absolute Gasteiger partial charge is 0.435 e. The second-order valence-corrected chi connectivity index (χ2v) is 7.70. The number of hydrogen-bond acceptors (Lipinski definition) is 7. The predicted octanol–water partition coefficient (Wildman–Crippen LogP) is 5.13. The molecule has 11 heteroatoms. The fourth-order valence-electron chi connectivity index (χ4n) is 3.10. The number of hydrogen-bond donors (Lipinski definition) is 2. The van der Waals surface area contributed by atoms with Crippen molar-refractivity contribution in [3.8, 4) is 0 Å². The maximum absolute atomic E-state index is 14.5. The van der Waals surface area contributed by atoms with Gasteiger partial charge in [-0.05, 0) is 36.4 Å². The van der Waals surface area contributed by atoms with Gasteiger partial charge < -0.3 is 4.84 Å². The first kappa shape index (κ1) is 22.1. The number of amidine groups is 1. The molecule has 1 aliphatic heterocycles. The Balaban J connectivity index is 1.60.